The van der Waals surface area contributed by atoms with Gasteiger partial charge in [0.15, 0.2) is 0 Å². The van der Waals surface area contributed by atoms with Gasteiger partial charge >= 0.3 is 12.1 Å². The van der Waals surface area contributed by atoms with Crippen LogP contribution in [0.1, 0.15) is 43.2 Å². The average molecular weight is 467 g/mol. The number of carboxylic acids is 1. The molecule has 0 aromatic heterocycles. The molecule has 3 atom stereocenters. The number of amides is 2. The van der Waals surface area contributed by atoms with Crippen LogP contribution in [0.4, 0.5) is 4.79 Å². The van der Waals surface area contributed by atoms with E-state index in [1.165, 1.54) is 4.90 Å². The first-order valence-corrected chi connectivity index (χ1v) is 11.7. The molecule has 8 heteroatoms. The molecular formula is C26H30N2O6. The van der Waals surface area contributed by atoms with Crippen LogP contribution in [-0.2, 0) is 14.3 Å². The minimum atomic E-state index is -1.09. The second-order valence-corrected chi connectivity index (χ2v) is 8.98. The van der Waals surface area contributed by atoms with Gasteiger partial charge in [-0.15, -0.1) is 0 Å². The number of piperidine rings is 1. The maximum atomic E-state index is 12.6. The summed E-state index contributed by atoms with van der Waals surface area (Å²) in [6.45, 7) is 2.22. The molecule has 1 heterocycles. The van der Waals surface area contributed by atoms with Crippen molar-refractivity contribution in [3.8, 4) is 11.1 Å². The molecule has 1 saturated heterocycles. The van der Waals surface area contributed by atoms with Gasteiger partial charge in [0.2, 0.25) is 5.91 Å². The Morgan fingerprint density at radius 3 is 2.32 bits per heavy atom. The quantitative estimate of drug-likeness (QED) is 0.578. The molecule has 0 radical (unpaired) electrons. The number of benzene rings is 2. The minimum absolute atomic E-state index is 0.0626. The highest BCUT2D eigenvalue weighted by molar-refractivity contribution is 5.80. The molecular weight excluding hydrogens is 436 g/mol. The van der Waals surface area contributed by atoms with Gasteiger partial charge in [0.05, 0.1) is 18.4 Å². The lowest BCUT2D eigenvalue weighted by Crippen LogP contribution is -2.50. The molecule has 2 amide bonds. The van der Waals surface area contributed by atoms with E-state index in [0.29, 0.717) is 19.4 Å². The fourth-order valence-corrected chi connectivity index (χ4v) is 5.07. The van der Waals surface area contributed by atoms with E-state index in [9.17, 15) is 24.6 Å². The number of hydrogen-bond donors (Lipinski definition) is 3. The zero-order valence-electron chi connectivity index (χ0n) is 19.1. The van der Waals surface area contributed by atoms with Crippen LogP contribution in [0.25, 0.3) is 11.1 Å². The first kappa shape index (κ1) is 23.8. The number of carbonyl (C=O) groups excluding carboxylic acids is 2. The van der Waals surface area contributed by atoms with Crippen LogP contribution < -0.4 is 5.32 Å². The van der Waals surface area contributed by atoms with Crippen molar-refractivity contribution in [2.75, 3.05) is 19.7 Å². The monoisotopic (exact) mass is 466 g/mol. The summed E-state index contributed by atoms with van der Waals surface area (Å²) >= 11 is 0. The smallest absolute Gasteiger partial charge is 0.407 e. The number of hydrogen-bond acceptors (Lipinski definition) is 5. The van der Waals surface area contributed by atoms with Gasteiger partial charge in [0.1, 0.15) is 6.61 Å². The van der Waals surface area contributed by atoms with Gasteiger partial charge in [-0.25, -0.2) is 4.79 Å². The molecule has 8 nitrogen and oxygen atoms in total. The van der Waals surface area contributed by atoms with E-state index in [1.54, 1.807) is 6.92 Å². The third-order valence-corrected chi connectivity index (χ3v) is 6.86. The number of nitrogens with zero attached hydrogens (tertiary/aromatic N) is 1. The molecule has 180 valence electrons. The third-order valence-electron chi connectivity index (χ3n) is 6.86. The number of nitrogens with one attached hydrogen (secondary N) is 1. The van der Waals surface area contributed by atoms with Gasteiger partial charge in [-0.3, -0.25) is 9.59 Å². The molecule has 2 aromatic rings. The molecule has 2 aliphatic rings. The first-order valence-electron chi connectivity index (χ1n) is 11.7. The van der Waals surface area contributed by atoms with Crippen molar-refractivity contribution < 1.29 is 29.3 Å². The standard InChI is InChI=1S/C26H30N2O6/c1-16-18(25(31)32)11-6-12-28(16)24(30)13-17(29)14-27-26(33)34-15-23-21-9-4-2-7-19(21)20-8-3-5-10-22(20)23/h2-5,7-10,16-18,23,29H,6,11-15H2,1H3,(H,27,33)(H,31,32)/t16-,17?,18-/m0/s1. The van der Waals surface area contributed by atoms with Crippen molar-refractivity contribution in [2.45, 2.75) is 44.2 Å². The molecule has 34 heavy (non-hydrogen) atoms. The van der Waals surface area contributed by atoms with E-state index in [4.69, 9.17) is 4.74 Å². The van der Waals surface area contributed by atoms with Gasteiger partial charge in [-0.05, 0) is 42.0 Å². The Bertz CT molecular complexity index is 1030. The topological polar surface area (TPSA) is 116 Å². The van der Waals surface area contributed by atoms with Gasteiger partial charge in [0, 0.05) is 25.0 Å². The summed E-state index contributed by atoms with van der Waals surface area (Å²) in [6, 6.07) is 15.7. The van der Waals surface area contributed by atoms with Gasteiger partial charge in [-0.2, -0.15) is 0 Å². The van der Waals surface area contributed by atoms with Crippen LogP contribution in [-0.4, -0.2) is 64.9 Å². The third kappa shape index (κ3) is 4.92. The van der Waals surface area contributed by atoms with E-state index in [0.717, 1.165) is 22.3 Å². The predicted molar refractivity (Wildman–Crippen MR) is 125 cm³/mol. The lowest BCUT2D eigenvalue weighted by molar-refractivity contribution is -0.149. The Morgan fingerprint density at radius 2 is 1.71 bits per heavy atom. The van der Waals surface area contributed by atoms with E-state index in [-0.39, 0.29) is 31.4 Å². The number of ether oxygens (including phenoxy) is 1. The normalized spacial score (nSPS) is 20.2. The Morgan fingerprint density at radius 1 is 1.09 bits per heavy atom. The van der Waals surface area contributed by atoms with Crippen molar-refractivity contribution in [1.29, 1.82) is 0 Å². The molecule has 4 rings (SSSR count). The van der Waals surface area contributed by atoms with Crippen molar-refractivity contribution in [2.24, 2.45) is 5.92 Å². The molecule has 1 unspecified atom stereocenters. The second-order valence-electron chi connectivity index (χ2n) is 8.98. The van der Waals surface area contributed by atoms with Crippen molar-refractivity contribution >= 4 is 18.0 Å². The van der Waals surface area contributed by atoms with Gasteiger partial charge in [0.25, 0.3) is 0 Å². The maximum Gasteiger partial charge on any atom is 0.407 e. The summed E-state index contributed by atoms with van der Waals surface area (Å²) in [5.41, 5.74) is 4.49. The van der Waals surface area contributed by atoms with E-state index >= 15 is 0 Å². The SMILES string of the molecule is C[C@H]1[C@@H](C(=O)O)CCCN1C(=O)CC(O)CNC(=O)OCC1c2ccccc2-c2ccccc21. The van der Waals surface area contributed by atoms with E-state index in [1.807, 2.05) is 36.4 Å². The fourth-order valence-electron chi connectivity index (χ4n) is 5.07. The summed E-state index contributed by atoms with van der Waals surface area (Å²) in [5, 5.41) is 22.1. The summed E-state index contributed by atoms with van der Waals surface area (Å²) in [6.07, 6.45) is -0.802. The highest BCUT2D eigenvalue weighted by atomic mass is 16.5. The second kappa shape index (κ2) is 10.3. The summed E-state index contributed by atoms with van der Waals surface area (Å²) in [7, 11) is 0. The highest BCUT2D eigenvalue weighted by Crippen LogP contribution is 2.44. The number of rotatable bonds is 7. The molecule has 0 bridgehead atoms. The number of carboxylic acid groups (broad SMARTS) is 1. The van der Waals surface area contributed by atoms with Crippen molar-refractivity contribution in [3.05, 3.63) is 59.7 Å². The Hall–Kier alpha value is -3.39. The minimum Gasteiger partial charge on any atom is -0.481 e. The lowest BCUT2D eigenvalue weighted by atomic mass is 9.90. The number of likely N-dealkylation sites (tertiary alicyclic amines) is 1. The first-order chi connectivity index (χ1) is 16.4. The number of fused-ring (bicyclic) bond motifs is 3. The van der Waals surface area contributed by atoms with Gasteiger partial charge < -0.3 is 25.2 Å². The predicted octanol–water partition coefficient (Wildman–Crippen LogP) is 2.99. The average Bonchev–Trinajstić information content (AvgIpc) is 3.15. The summed E-state index contributed by atoms with van der Waals surface area (Å²) < 4.78 is 5.45. The molecule has 0 saturated carbocycles. The maximum absolute atomic E-state index is 12.6. The Kier molecular flexibility index (Phi) is 7.17. The number of carbonyl (C=O) groups is 3. The van der Waals surface area contributed by atoms with Crippen LogP contribution in [0, 0.1) is 5.92 Å². The molecule has 0 spiro atoms. The molecule has 1 fully saturated rings. The number of aliphatic hydroxyl groups is 1. The van der Waals surface area contributed by atoms with Crippen LogP contribution in [0.2, 0.25) is 0 Å². The Labute approximate surface area is 198 Å². The molecule has 3 N–H and O–H groups in total. The lowest BCUT2D eigenvalue weighted by Gasteiger charge is -2.37. The van der Waals surface area contributed by atoms with Crippen LogP contribution in [0.3, 0.4) is 0 Å². The van der Waals surface area contributed by atoms with E-state index in [2.05, 4.69) is 17.4 Å². The van der Waals surface area contributed by atoms with Crippen LogP contribution >= 0.6 is 0 Å². The molecule has 1 aliphatic carbocycles. The van der Waals surface area contributed by atoms with Crippen LogP contribution in [0.15, 0.2) is 48.5 Å². The highest BCUT2D eigenvalue weighted by Gasteiger charge is 2.35. The van der Waals surface area contributed by atoms with Crippen molar-refractivity contribution in [1.82, 2.24) is 10.2 Å². The number of aliphatic carboxylic acids is 1. The van der Waals surface area contributed by atoms with Gasteiger partial charge in [-0.1, -0.05) is 48.5 Å². The van der Waals surface area contributed by atoms with Crippen molar-refractivity contribution in [3.63, 3.8) is 0 Å². The zero-order valence-corrected chi connectivity index (χ0v) is 19.1. The molecule has 1 aliphatic heterocycles. The van der Waals surface area contributed by atoms with E-state index < -0.39 is 30.1 Å². The van der Waals surface area contributed by atoms with Crippen LogP contribution in [0.5, 0.6) is 0 Å². The fraction of sp³-hybridized carbons (Fsp3) is 0.423. The molecule has 2 aromatic carbocycles. The largest absolute Gasteiger partial charge is 0.481 e. The summed E-state index contributed by atoms with van der Waals surface area (Å²) in [4.78, 5) is 37.8. The number of alkyl carbamates (subject to hydrolysis) is 1. The zero-order chi connectivity index (χ0) is 24.2. The summed E-state index contributed by atoms with van der Waals surface area (Å²) in [5.74, 6) is -1.90. The number of aliphatic hydroxyl groups excluding tert-OH is 1. The Balaban J connectivity index is 1.26.